The summed E-state index contributed by atoms with van der Waals surface area (Å²) in [6.45, 7) is 11.0. The van der Waals surface area contributed by atoms with Gasteiger partial charge in [-0.1, -0.05) is 20.8 Å². The van der Waals surface area contributed by atoms with E-state index in [0.29, 0.717) is 6.04 Å². The van der Waals surface area contributed by atoms with Crippen LogP contribution in [-0.2, 0) is 6.54 Å². The van der Waals surface area contributed by atoms with Gasteiger partial charge >= 0.3 is 0 Å². The van der Waals surface area contributed by atoms with Crippen LogP contribution in [0, 0.1) is 5.92 Å². The van der Waals surface area contributed by atoms with E-state index in [4.69, 9.17) is 0 Å². The summed E-state index contributed by atoms with van der Waals surface area (Å²) in [5.74, 6) is 0.719. The third-order valence-corrected chi connectivity index (χ3v) is 2.79. The zero-order valence-corrected chi connectivity index (χ0v) is 10.5. The van der Waals surface area contributed by atoms with Crippen LogP contribution in [0.3, 0.4) is 0 Å². The SMILES string of the molecule is CC[C@@H](C)n1cccc1CNCC(C)C. The molecule has 2 nitrogen and oxygen atoms in total. The van der Waals surface area contributed by atoms with Gasteiger partial charge in [0.25, 0.3) is 0 Å². The minimum Gasteiger partial charge on any atom is -0.347 e. The van der Waals surface area contributed by atoms with Crippen LogP contribution >= 0.6 is 0 Å². The maximum absolute atomic E-state index is 3.49. The van der Waals surface area contributed by atoms with Gasteiger partial charge in [0.15, 0.2) is 0 Å². The minimum absolute atomic E-state index is 0.607. The van der Waals surface area contributed by atoms with E-state index in [-0.39, 0.29) is 0 Å². The van der Waals surface area contributed by atoms with Crippen LogP contribution in [0.15, 0.2) is 18.3 Å². The van der Waals surface area contributed by atoms with E-state index in [9.17, 15) is 0 Å². The fourth-order valence-electron chi connectivity index (χ4n) is 1.69. The lowest BCUT2D eigenvalue weighted by molar-refractivity contribution is 0.488. The molecular formula is C13H24N2. The predicted octanol–water partition coefficient (Wildman–Crippen LogP) is 3.20. The van der Waals surface area contributed by atoms with E-state index < -0.39 is 0 Å². The van der Waals surface area contributed by atoms with Crippen LogP contribution < -0.4 is 5.32 Å². The highest BCUT2D eigenvalue weighted by Crippen LogP contribution is 2.14. The fourth-order valence-corrected chi connectivity index (χ4v) is 1.69. The number of hydrogen-bond acceptors (Lipinski definition) is 1. The van der Waals surface area contributed by atoms with Crippen molar-refractivity contribution >= 4 is 0 Å². The summed E-state index contributed by atoms with van der Waals surface area (Å²) in [6.07, 6.45) is 3.37. The van der Waals surface area contributed by atoms with Crippen LogP contribution in [0.2, 0.25) is 0 Å². The fraction of sp³-hybridized carbons (Fsp3) is 0.692. The van der Waals surface area contributed by atoms with Crippen LogP contribution in [-0.4, -0.2) is 11.1 Å². The highest BCUT2D eigenvalue weighted by molar-refractivity contribution is 5.08. The third-order valence-electron chi connectivity index (χ3n) is 2.79. The minimum atomic E-state index is 0.607. The molecule has 0 spiro atoms. The molecule has 0 unspecified atom stereocenters. The van der Waals surface area contributed by atoms with Gasteiger partial charge in [0, 0.05) is 24.5 Å². The standard InChI is InChI=1S/C13H24N2/c1-5-12(4)15-8-6-7-13(15)10-14-9-11(2)3/h6-8,11-12,14H,5,9-10H2,1-4H3/t12-/m1/s1. The van der Waals surface area contributed by atoms with Gasteiger partial charge in [-0.15, -0.1) is 0 Å². The predicted molar refractivity (Wildman–Crippen MR) is 66.0 cm³/mol. The van der Waals surface area contributed by atoms with Crippen molar-refractivity contribution in [1.29, 1.82) is 0 Å². The van der Waals surface area contributed by atoms with Crippen LogP contribution in [0.4, 0.5) is 0 Å². The lowest BCUT2D eigenvalue weighted by atomic mass is 10.2. The van der Waals surface area contributed by atoms with Gasteiger partial charge in [0.2, 0.25) is 0 Å². The third kappa shape index (κ3) is 3.71. The lowest BCUT2D eigenvalue weighted by Crippen LogP contribution is -2.21. The number of hydrogen-bond donors (Lipinski definition) is 1. The molecule has 1 atom stereocenters. The first-order chi connectivity index (χ1) is 7.15. The summed E-state index contributed by atoms with van der Waals surface area (Å²) in [5.41, 5.74) is 1.39. The maximum atomic E-state index is 3.49. The molecule has 0 radical (unpaired) electrons. The monoisotopic (exact) mass is 208 g/mol. The van der Waals surface area contributed by atoms with E-state index in [1.165, 1.54) is 12.1 Å². The van der Waals surface area contributed by atoms with Crippen molar-refractivity contribution in [3.05, 3.63) is 24.0 Å². The van der Waals surface area contributed by atoms with Gasteiger partial charge in [-0.3, -0.25) is 0 Å². The second kappa shape index (κ2) is 5.96. The van der Waals surface area contributed by atoms with Gasteiger partial charge in [-0.2, -0.15) is 0 Å². The number of aromatic nitrogens is 1. The zero-order valence-electron chi connectivity index (χ0n) is 10.5. The Morgan fingerprint density at radius 2 is 2.07 bits per heavy atom. The van der Waals surface area contributed by atoms with E-state index in [2.05, 4.69) is 55.9 Å². The average Bonchev–Trinajstić information content (AvgIpc) is 2.64. The molecule has 0 amide bonds. The molecule has 0 aliphatic carbocycles. The molecule has 2 heteroatoms. The molecule has 0 saturated heterocycles. The number of nitrogens with one attached hydrogen (secondary N) is 1. The van der Waals surface area contributed by atoms with E-state index in [1.54, 1.807) is 0 Å². The molecule has 15 heavy (non-hydrogen) atoms. The van der Waals surface area contributed by atoms with Crippen LogP contribution in [0.5, 0.6) is 0 Å². The van der Waals surface area contributed by atoms with Crippen molar-refractivity contribution in [2.24, 2.45) is 5.92 Å². The van der Waals surface area contributed by atoms with Crippen molar-refractivity contribution in [2.75, 3.05) is 6.54 Å². The van der Waals surface area contributed by atoms with Gasteiger partial charge in [-0.25, -0.2) is 0 Å². The molecule has 0 fully saturated rings. The molecule has 0 bridgehead atoms. The Bertz CT molecular complexity index is 276. The smallest absolute Gasteiger partial charge is 0.0359 e. The Hall–Kier alpha value is -0.760. The van der Waals surface area contributed by atoms with Crippen LogP contribution in [0.25, 0.3) is 0 Å². The van der Waals surface area contributed by atoms with Gasteiger partial charge in [0.05, 0.1) is 0 Å². The van der Waals surface area contributed by atoms with Crippen molar-refractivity contribution in [3.63, 3.8) is 0 Å². The quantitative estimate of drug-likeness (QED) is 0.759. The number of rotatable bonds is 6. The molecule has 1 heterocycles. The average molecular weight is 208 g/mol. The number of nitrogens with zero attached hydrogens (tertiary/aromatic N) is 1. The molecule has 0 aliphatic heterocycles. The van der Waals surface area contributed by atoms with Crippen LogP contribution in [0.1, 0.15) is 45.9 Å². The molecule has 1 rings (SSSR count). The Labute approximate surface area is 93.7 Å². The van der Waals surface area contributed by atoms with Crippen molar-refractivity contribution in [3.8, 4) is 0 Å². The molecule has 1 N–H and O–H groups in total. The second-order valence-electron chi connectivity index (χ2n) is 4.69. The normalized spacial score (nSPS) is 13.4. The van der Waals surface area contributed by atoms with Crippen molar-refractivity contribution in [2.45, 2.75) is 46.7 Å². The first-order valence-corrected chi connectivity index (χ1v) is 6.01. The Morgan fingerprint density at radius 3 is 2.67 bits per heavy atom. The summed E-state index contributed by atoms with van der Waals surface area (Å²) in [7, 11) is 0. The first kappa shape index (κ1) is 12.3. The van der Waals surface area contributed by atoms with Gasteiger partial charge in [-0.05, 0) is 37.9 Å². The maximum Gasteiger partial charge on any atom is 0.0359 e. The summed E-state index contributed by atoms with van der Waals surface area (Å²) in [6, 6.07) is 4.95. The van der Waals surface area contributed by atoms with E-state index in [1.807, 2.05) is 0 Å². The zero-order chi connectivity index (χ0) is 11.3. The second-order valence-corrected chi connectivity index (χ2v) is 4.69. The molecule has 86 valence electrons. The first-order valence-electron chi connectivity index (χ1n) is 6.01. The molecular weight excluding hydrogens is 184 g/mol. The summed E-state index contributed by atoms with van der Waals surface area (Å²) < 4.78 is 2.37. The van der Waals surface area contributed by atoms with E-state index in [0.717, 1.165) is 19.0 Å². The Morgan fingerprint density at radius 1 is 1.33 bits per heavy atom. The topological polar surface area (TPSA) is 17.0 Å². The van der Waals surface area contributed by atoms with E-state index >= 15 is 0 Å². The summed E-state index contributed by atoms with van der Waals surface area (Å²) in [4.78, 5) is 0. The molecule has 1 aromatic rings. The highest BCUT2D eigenvalue weighted by atomic mass is 15.0. The van der Waals surface area contributed by atoms with Gasteiger partial charge in [0.1, 0.15) is 0 Å². The largest absolute Gasteiger partial charge is 0.347 e. The van der Waals surface area contributed by atoms with Crippen molar-refractivity contribution in [1.82, 2.24) is 9.88 Å². The Kier molecular flexibility index (Phi) is 4.89. The summed E-state index contributed by atoms with van der Waals surface area (Å²) in [5, 5.41) is 3.49. The molecule has 0 saturated carbocycles. The van der Waals surface area contributed by atoms with Gasteiger partial charge < -0.3 is 9.88 Å². The molecule has 1 aromatic heterocycles. The highest BCUT2D eigenvalue weighted by Gasteiger charge is 2.05. The summed E-state index contributed by atoms with van der Waals surface area (Å²) >= 11 is 0. The van der Waals surface area contributed by atoms with Crippen molar-refractivity contribution < 1.29 is 0 Å². The Balaban J connectivity index is 2.50. The molecule has 0 aromatic carbocycles. The lowest BCUT2D eigenvalue weighted by Gasteiger charge is -2.16. The molecule has 0 aliphatic rings.